The van der Waals surface area contributed by atoms with Crippen molar-refractivity contribution in [2.75, 3.05) is 0 Å². The summed E-state index contributed by atoms with van der Waals surface area (Å²) in [4.78, 5) is 0. The van der Waals surface area contributed by atoms with Crippen LogP contribution < -0.4 is 10.6 Å². The summed E-state index contributed by atoms with van der Waals surface area (Å²) in [6.07, 6.45) is 0. The lowest BCUT2D eigenvalue weighted by Gasteiger charge is -2.16. The second kappa shape index (κ2) is 2.88. The normalized spacial score (nSPS) is 18.5. The van der Waals surface area contributed by atoms with Crippen LogP contribution >= 0.6 is 0 Å². The van der Waals surface area contributed by atoms with E-state index < -0.39 is 27.1 Å². The van der Waals surface area contributed by atoms with Crippen molar-refractivity contribution in [1.29, 1.82) is 0 Å². The molecule has 6 heteroatoms. The fourth-order valence-electron chi connectivity index (χ4n) is 1.69. The summed E-state index contributed by atoms with van der Waals surface area (Å²) in [5, 5.41) is 10.1. The zero-order valence-corrected chi connectivity index (χ0v) is 8.84. The van der Waals surface area contributed by atoms with E-state index >= 15 is 0 Å². The summed E-state index contributed by atoms with van der Waals surface area (Å²) in [6.45, 7) is 3.67. The van der Waals surface area contributed by atoms with Crippen molar-refractivity contribution in [1.82, 2.24) is 0 Å². The summed E-state index contributed by atoms with van der Waals surface area (Å²) in [5.41, 5.74) is 0.362. The quantitative estimate of drug-likeness (QED) is 0.620. The first-order chi connectivity index (χ1) is 6.42. The van der Waals surface area contributed by atoms with Gasteiger partial charge in [-0.05, 0) is 35.9 Å². The SMILES string of the molecule is C[Si]1(C)OB(O)c2cc(F)c(F)cc21. The highest BCUT2D eigenvalue weighted by atomic mass is 28.4. The third kappa shape index (κ3) is 1.30. The Balaban J connectivity index is 2.64. The fraction of sp³-hybridized carbons (Fsp3) is 0.250. The Hall–Kier alpha value is -0.718. The van der Waals surface area contributed by atoms with Gasteiger partial charge in [-0.15, -0.1) is 0 Å². The lowest BCUT2D eigenvalue weighted by atomic mass is 9.80. The van der Waals surface area contributed by atoms with Gasteiger partial charge in [0, 0.05) is 0 Å². The molecule has 2 rings (SSSR count). The maximum atomic E-state index is 13.0. The molecule has 1 N–H and O–H groups in total. The van der Waals surface area contributed by atoms with Crippen molar-refractivity contribution in [2.45, 2.75) is 13.1 Å². The van der Waals surface area contributed by atoms with Crippen LogP contribution in [0.3, 0.4) is 0 Å². The first kappa shape index (κ1) is 9.82. The highest BCUT2D eigenvalue weighted by molar-refractivity contribution is 6.97. The molecule has 1 heterocycles. The summed E-state index contributed by atoms with van der Waals surface area (Å²) in [6, 6.07) is 2.14. The molecule has 0 unspecified atom stereocenters. The maximum absolute atomic E-state index is 13.0. The predicted octanol–water partition coefficient (Wildman–Crippen LogP) is 0.0946. The van der Waals surface area contributed by atoms with Crippen LogP contribution in [-0.4, -0.2) is 20.5 Å². The summed E-state index contributed by atoms with van der Waals surface area (Å²) in [5.74, 6) is -1.83. The van der Waals surface area contributed by atoms with Gasteiger partial charge in [0.05, 0.1) is 0 Å². The minimum Gasteiger partial charge on any atom is -0.446 e. The van der Waals surface area contributed by atoms with Gasteiger partial charge in [-0.2, -0.15) is 0 Å². The molecule has 0 bridgehead atoms. The van der Waals surface area contributed by atoms with Crippen LogP contribution in [0.4, 0.5) is 8.78 Å². The molecule has 0 fully saturated rings. The Morgan fingerprint density at radius 3 is 2.50 bits per heavy atom. The molecule has 0 aliphatic carbocycles. The van der Waals surface area contributed by atoms with Crippen molar-refractivity contribution < 1.29 is 18.1 Å². The van der Waals surface area contributed by atoms with Crippen molar-refractivity contribution >= 4 is 26.1 Å². The Bertz CT molecular complexity index is 397. The largest absolute Gasteiger partial charge is 0.480 e. The van der Waals surface area contributed by atoms with Gasteiger partial charge in [-0.25, -0.2) is 8.78 Å². The van der Waals surface area contributed by atoms with Gasteiger partial charge in [-0.3, -0.25) is 0 Å². The van der Waals surface area contributed by atoms with Crippen LogP contribution in [0, 0.1) is 11.6 Å². The lowest BCUT2D eigenvalue weighted by Crippen LogP contribution is -2.43. The van der Waals surface area contributed by atoms with Gasteiger partial charge in [0.25, 0.3) is 0 Å². The first-order valence-corrected chi connectivity index (χ1v) is 7.18. The van der Waals surface area contributed by atoms with Crippen LogP contribution in [-0.2, 0) is 4.34 Å². The number of halogens is 2. The molecule has 1 aliphatic heterocycles. The molecule has 1 aromatic rings. The third-order valence-electron chi connectivity index (χ3n) is 2.41. The van der Waals surface area contributed by atoms with Crippen LogP contribution in [0.2, 0.25) is 13.1 Å². The van der Waals surface area contributed by atoms with Crippen molar-refractivity contribution in [3.05, 3.63) is 23.8 Å². The lowest BCUT2D eigenvalue weighted by molar-refractivity contribution is 0.441. The molecule has 0 spiro atoms. The number of hydrogen-bond acceptors (Lipinski definition) is 2. The van der Waals surface area contributed by atoms with Gasteiger partial charge < -0.3 is 9.37 Å². The topological polar surface area (TPSA) is 29.5 Å². The number of rotatable bonds is 0. The number of benzene rings is 1. The average Bonchev–Trinajstić information content (AvgIpc) is 2.26. The molecule has 1 aliphatic rings. The fourth-order valence-corrected chi connectivity index (χ4v) is 3.87. The number of hydrogen-bond donors (Lipinski definition) is 1. The van der Waals surface area contributed by atoms with E-state index in [1.54, 1.807) is 0 Å². The maximum Gasteiger partial charge on any atom is 0.480 e. The van der Waals surface area contributed by atoms with E-state index in [1.807, 2.05) is 13.1 Å². The van der Waals surface area contributed by atoms with Gasteiger partial charge in [-0.1, -0.05) is 0 Å². The Morgan fingerprint density at radius 1 is 1.29 bits per heavy atom. The van der Waals surface area contributed by atoms with E-state index in [0.29, 0.717) is 10.6 Å². The molecule has 0 saturated carbocycles. The monoisotopic (exact) mass is 214 g/mol. The zero-order valence-electron chi connectivity index (χ0n) is 7.84. The molecule has 74 valence electrons. The van der Waals surface area contributed by atoms with Crippen LogP contribution in [0.1, 0.15) is 0 Å². The van der Waals surface area contributed by atoms with E-state index in [-0.39, 0.29) is 0 Å². The van der Waals surface area contributed by atoms with E-state index in [4.69, 9.17) is 4.34 Å². The molecule has 0 aromatic heterocycles. The van der Waals surface area contributed by atoms with Crippen molar-refractivity contribution in [3.63, 3.8) is 0 Å². The van der Waals surface area contributed by atoms with E-state index in [2.05, 4.69) is 0 Å². The summed E-state index contributed by atoms with van der Waals surface area (Å²) >= 11 is 0. The highest BCUT2D eigenvalue weighted by Gasteiger charge is 2.43. The third-order valence-corrected chi connectivity index (χ3v) is 4.96. The Labute approximate surface area is 81.8 Å². The first-order valence-electron chi connectivity index (χ1n) is 4.27. The highest BCUT2D eigenvalue weighted by Crippen LogP contribution is 2.14. The second-order valence-electron chi connectivity index (χ2n) is 3.83. The Morgan fingerprint density at radius 2 is 1.86 bits per heavy atom. The van der Waals surface area contributed by atoms with Crippen molar-refractivity contribution in [3.8, 4) is 0 Å². The minimum atomic E-state index is -2.23. The van der Waals surface area contributed by atoms with Gasteiger partial charge >= 0.3 is 7.12 Å². The molecular weight excluding hydrogens is 205 g/mol. The zero-order chi connectivity index (χ0) is 10.5. The molecule has 0 atom stereocenters. The predicted molar refractivity (Wildman–Crippen MR) is 52.2 cm³/mol. The van der Waals surface area contributed by atoms with E-state index in [0.717, 1.165) is 12.1 Å². The van der Waals surface area contributed by atoms with Crippen molar-refractivity contribution in [2.24, 2.45) is 0 Å². The molecular formula is C8H9BF2O2Si. The molecule has 0 amide bonds. The Kier molecular flexibility index (Phi) is 2.02. The number of fused-ring (bicyclic) bond motifs is 1. The smallest absolute Gasteiger partial charge is 0.446 e. The standard InChI is InChI=1S/C8H9BF2O2Si/c1-14(2)8-4-7(11)6(10)3-5(8)9(12)13-14/h3-4,12H,1-2H3. The molecule has 2 nitrogen and oxygen atoms in total. The van der Waals surface area contributed by atoms with Crippen LogP contribution in [0.15, 0.2) is 12.1 Å². The molecule has 14 heavy (non-hydrogen) atoms. The second-order valence-corrected chi connectivity index (χ2v) is 7.63. The van der Waals surface area contributed by atoms with Crippen LogP contribution in [0.25, 0.3) is 0 Å². The summed E-state index contributed by atoms with van der Waals surface area (Å²) in [7, 11) is -3.34. The molecule has 1 aromatic carbocycles. The summed E-state index contributed by atoms with van der Waals surface area (Å²) < 4.78 is 31.1. The van der Waals surface area contributed by atoms with E-state index in [9.17, 15) is 13.8 Å². The van der Waals surface area contributed by atoms with Crippen LogP contribution in [0.5, 0.6) is 0 Å². The van der Waals surface area contributed by atoms with Gasteiger partial charge in [0.1, 0.15) is 0 Å². The molecule has 0 saturated heterocycles. The minimum absolute atomic E-state index is 0.362. The van der Waals surface area contributed by atoms with Gasteiger partial charge in [0.2, 0.25) is 8.32 Å². The van der Waals surface area contributed by atoms with Gasteiger partial charge in [0.15, 0.2) is 11.6 Å². The van der Waals surface area contributed by atoms with E-state index in [1.165, 1.54) is 0 Å². The average molecular weight is 214 g/mol. The molecule has 0 radical (unpaired) electrons.